The van der Waals surface area contributed by atoms with E-state index in [1.807, 2.05) is 24.2 Å². The first-order valence-electron chi connectivity index (χ1n) is 5.12. The van der Waals surface area contributed by atoms with E-state index in [-0.39, 0.29) is 0 Å². The zero-order chi connectivity index (χ0) is 10.2. The lowest BCUT2D eigenvalue weighted by Crippen LogP contribution is -2.09. The van der Waals surface area contributed by atoms with Crippen molar-refractivity contribution in [3.8, 4) is 0 Å². The average molecular weight is 213 g/mol. The second-order valence-electron chi connectivity index (χ2n) is 3.22. The molecule has 4 heteroatoms. The van der Waals surface area contributed by atoms with Gasteiger partial charge in [0, 0.05) is 25.5 Å². The fraction of sp³-hybridized carbons (Fsp3) is 0.700. The Kier molecular flexibility index (Phi) is 5.52. The number of aromatic nitrogens is 2. The molecule has 1 N–H and O–H groups in total. The number of hydrogen-bond acceptors (Lipinski definition) is 3. The van der Waals surface area contributed by atoms with E-state index < -0.39 is 0 Å². The Morgan fingerprint density at radius 3 is 3.14 bits per heavy atom. The summed E-state index contributed by atoms with van der Waals surface area (Å²) >= 11 is 1.89. The molecule has 0 saturated heterocycles. The summed E-state index contributed by atoms with van der Waals surface area (Å²) in [5.74, 6) is 2.22. The molecule has 0 aliphatic rings. The van der Waals surface area contributed by atoms with Crippen molar-refractivity contribution in [2.24, 2.45) is 0 Å². The summed E-state index contributed by atoms with van der Waals surface area (Å²) in [5, 5.41) is 3.35. The summed E-state index contributed by atoms with van der Waals surface area (Å²) < 4.78 is 2.17. The maximum Gasteiger partial charge on any atom is 0.202 e. The standard InChI is InChI=1S/C10H19N3S/c1-3-7-13-8-6-12-10(13)11-5-4-9-14-2/h6,8H,3-5,7,9H2,1-2H3,(H,11,12). The molecule has 0 radical (unpaired) electrons. The van der Waals surface area contributed by atoms with Crippen molar-refractivity contribution >= 4 is 17.7 Å². The molecule has 80 valence electrons. The van der Waals surface area contributed by atoms with Crippen molar-refractivity contribution in [1.29, 1.82) is 0 Å². The Balaban J connectivity index is 2.30. The molecule has 0 fully saturated rings. The predicted molar refractivity (Wildman–Crippen MR) is 64.0 cm³/mol. The average Bonchev–Trinajstić information content (AvgIpc) is 2.61. The summed E-state index contributed by atoms with van der Waals surface area (Å²) in [6, 6.07) is 0. The van der Waals surface area contributed by atoms with Crippen LogP contribution in [0.5, 0.6) is 0 Å². The molecule has 0 bridgehead atoms. The van der Waals surface area contributed by atoms with Crippen LogP contribution < -0.4 is 5.32 Å². The summed E-state index contributed by atoms with van der Waals surface area (Å²) in [5.41, 5.74) is 0. The summed E-state index contributed by atoms with van der Waals surface area (Å²) in [6.07, 6.45) is 8.36. The molecule has 0 aromatic carbocycles. The molecule has 0 aliphatic carbocycles. The molecule has 3 nitrogen and oxygen atoms in total. The van der Waals surface area contributed by atoms with Crippen LogP contribution in [0.15, 0.2) is 12.4 Å². The lowest BCUT2D eigenvalue weighted by molar-refractivity contribution is 0.681. The van der Waals surface area contributed by atoms with Crippen LogP contribution in [0.4, 0.5) is 5.95 Å². The third kappa shape index (κ3) is 3.62. The van der Waals surface area contributed by atoms with E-state index in [9.17, 15) is 0 Å². The van der Waals surface area contributed by atoms with Crippen molar-refractivity contribution in [2.75, 3.05) is 23.9 Å². The van der Waals surface area contributed by atoms with Crippen molar-refractivity contribution in [1.82, 2.24) is 9.55 Å². The Morgan fingerprint density at radius 2 is 2.43 bits per heavy atom. The normalized spacial score (nSPS) is 10.4. The lowest BCUT2D eigenvalue weighted by atomic mass is 10.4. The topological polar surface area (TPSA) is 29.9 Å². The van der Waals surface area contributed by atoms with E-state index in [2.05, 4.69) is 28.0 Å². The molecule has 14 heavy (non-hydrogen) atoms. The van der Waals surface area contributed by atoms with Crippen molar-refractivity contribution in [3.05, 3.63) is 12.4 Å². The molecule has 0 unspecified atom stereocenters. The third-order valence-electron chi connectivity index (χ3n) is 1.99. The van der Waals surface area contributed by atoms with Gasteiger partial charge in [-0.15, -0.1) is 0 Å². The largest absolute Gasteiger partial charge is 0.356 e. The number of imidazole rings is 1. The number of nitrogens with one attached hydrogen (secondary N) is 1. The highest BCUT2D eigenvalue weighted by atomic mass is 32.2. The SMILES string of the molecule is CCCn1ccnc1NCCCSC. The van der Waals surface area contributed by atoms with Crippen LogP contribution in [0.3, 0.4) is 0 Å². The van der Waals surface area contributed by atoms with Crippen LogP contribution in [0.1, 0.15) is 19.8 Å². The first-order valence-corrected chi connectivity index (χ1v) is 6.51. The van der Waals surface area contributed by atoms with E-state index in [4.69, 9.17) is 0 Å². The van der Waals surface area contributed by atoms with Gasteiger partial charge in [0.25, 0.3) is 0 Å². The minimum absolute atomic E-state index is 1.01. The fourth-order valence-corrected chi connectivity index (χ4v) is 1.75. The molecule has 1 aromatic rings. The highest BCUT2D eigenvalue weighted by molar-refractivity contribution is 7.98. The first-order chi connectivity index (χ1) is 6.88. The monoisotopic (exact) mass is 213 g/mol. The van der Waals surface area contributed by atoms with Crippen LogP contribution in [0.25, 0.3) is 0 Å². The van der Waals surface area contributed by atoms with Gasteiger partial charge in [0.2, 0.25) is 5.95 Å². The molecular formula is C10H19N3S. The second kappa shape index (κ2) is 6.76. The molecule has 0 spiro atoms. The maximum absolute atomic E-state index is 4.28. The van der Waals surface area contributed by atoms with Gasteiger partial charge in [-0.05, 0) is 24.9 Å². The highest BCUT2D eigenvalue weighted by Gasteiger charge is 1.99. The van der Waals surface area contributed by atoms with Crippen LogP contribution in [-0.2, 0) is 6.54 Å². The molecular weight excluding hydrogens is 194 g/mol. The van der Waals surface area contributed by atoms with Crippen molar-refractivity contribution < 1.29 is 0 Å². The highest BCUT2D eigenvalue weighted by Crippen LogP contribution is 2.05. The van der Waals surface area contributed by atoms with Gasteiger partial charge in [-0.3, -0.25) is 0 Å². The lowest BCUT2D eigenvalue weighted by Gasteiger charge is -2.07. The quantitative estimate of drug-likeness (QED) is 0.706. The van der Waals surface area contributed by atoms with E-state index in [1.165, 1.54) is 12.2 Å². The molecule has 1 rings (SSSR count). The first kappa shape index (κ1) is 11.4. The fourth-order valence-electron chi connectivity index (χ4n) is 1.31. The molecule has 1 heterocycles. The van der Waals surface area contributed by atoms with E-state index in [0.717, 1.165) is 25.5 Å². The molecule has 1 aromatic heterocycles. The van der Waals surface area contributed by atoms with Gasteiger partial charge in [-0.25, -0.2) is 4.98 Å². The van der Waals surface area contributed by atoms with Gasteiger partial charge in [0.1, 0.15) is 0 Å². The second-order valence-corrected chi connectivity index (χ2v) is 4.20. The maximum atomic E-state index is 4.28. The Bertz CT molecular complexity index is 247. The zero-order valence-electron chi connectivity index (χ0n) is 8.99. The number of aryl methyl sites for hydroxylation is 1. The van der Waals surface area contributed by atoms with Crippen molar-refractivity contribution in [3.63, 3.8) is 0 Å². The van der Waals surface area contributed by atoms with E-state index >= 15 is 0 Å². The van der Waals surface area contributed by atoms with E-state index in [0.29, 0.717) is 0 Å². The van der Waals surface area contributed by atoms with Crippen LogP contribution in [-0.4, -0.2) is 28.1 Å². The Labute approximate surface area is 90.3 Å². The third-order valence-corrected chi connectivity index (χ3v) is 2.69. The summed E-state index contributed by atoms with van der Waals surface area (Å²) in [6.45, 7) is 4.24. The summed E-state index contributed by atoms with van der Waals surface area (Å²) in [4.78, 5) is 4.28. The van der Waals surface area contributed by atoms with Gasteiger partial charge in [-0.2, -0.15) is 11.8 Å². The number of hydrogen-bond donors (Lipinski definition) is 1. The van der Waals surface area contributed by atoms with Crippen molar-refractivity contribution in [2.45, 2.75) is 26.3 Å². The van der Waals surface area contributed by atoms with Gasteiger partial charge in [0.05, 0.1) is 0 Å². The van der Waals surface area contributed by atoms with Gasteiger partial charge in [0.15, 0.2) is 0 Å². The van der Waals surface area contributed by atoms with E-state index in [1.54, 1.807) is 0 Å². The number of nitrogens with zero attached hydrogens (tertiary/aromatic N) is 2. The van der Waals surface area contributed by atoms with Gasteiger partial charge < -0.3 is 9.88 Å². The molecule has 0 saturated carbocycles. The zero-order valence-corrected chi connectivity index (χ0v) is 9.81. The minimum Gasteiger partial charge on any atom is -0.356 e. The number of anilines is 1. The summed E-state index contributed by atoms with van der Waals surface area (Å²) in [7, 11) is 0. The Hall–Kier alpha value is -0.640. The van der Waals surface area contributed by atoms with Gasteiger partial charge in [-0.1, -0.05) is 6.92 Å². The minimum atomic E-state index is 1.01. The van der Waals surface area contributed by atoms with Crippen LogP contribution in [0.2, 0.25) is 0 Å². The van der Waals surface area contributed by atoms with Crippen LogP contribution >= 0.6 is 11.8 Å². The Morgan fingerprint density at radius 1 is 1.57 bits per heavy atom. The number of thioether (sulfide) groups is 1. The van der Waals surface area contributed by atoms with Crippen LogP contribution in [0, 0.1) is 0 Å². The molecule has 0 aliphatic heterocycles. The number of rotatable bonds is 7. The van der Waals surface area contributed by atoms with Gasteiger partial charge >= 0.3 is 0 Å². The smallest absolute Gasteiger partial charge is 0.202 e. The molecule has 0 amide bonds. The molecule has 0 atom stereocenters. The predicted octanol–water partition coefficient (Wildman–Crippen LogP) is 2.46.